The van der Waals surface area contributed by atoms with Crippen LogP contribution >= 0.6 is 22.9 Å². The summed E-state index contributed by atoms with van der Waals surface area (Å²) >= 11 is 7.86. The van der Waals surface area contributed by atoms with Crippen LogP contribution in [0.2, 0.25) is 5.15 Å². The topological polar surface area (TPSA) is 108 Å². The van der Waals surface area contributed by atoms with Gasteiger partial charge in [-0.25, -0.2) is 18.1 Å². The third-order valence-corrected chi connectivity index (χ3v) is 8.58. The van der Waals surface area contributed by atoms with Crippen molar-refractivity contribution < 1.29 is 18.0 Å². The predicted octanol–water partition coefficient (Wildman–Crippen LogP) is 5.27. The fraction of sp³-hybridized carbons (Fsp3) is 0.250. The van der Waals surface area contributed by atoms with E-state index >= 15 is 0 Å². The summed E-state index contributed by atoms with van der Waals surface area (Å²) in [6.45, 7) is 1.57. The van der Waals surface area contributed by atoms with Gasteiger partial charge in [0.1, 0.15) is 10.7 Å². The van der Waals surface area contributed by atoms with Crippen LogP contribution in [0.1, 0.15) is 50.6 Å². The number of benzene rings is 2. The van der Waals surface area contributed by atoms with Crippen LogP contribution in [0, 0.1) is 0 Å². The van der Waals surface area contributed by atoms with Gasteiger partial charge in [0.05, 0.1) is 27.7 Å². The Kier molecular flexibility index (Phi) is 7.88. The molecule has 4 aromatic rings. The van der Waals surface area contributed by atoms with Crippen molar-refractivity contribution in [3.63, 3.8) is 0 Å². The number of amides is 2. The summed E-state index contributed by atoms with van der Waals surface area (Å²) < 4.78 is 25.9. The van der Waals surface area contributed by atoms with Crippen molar-refractivity contribution >= 4 is 60.7 Å². The zero-order valence-electron chi connectivity index (χ0n) is 21.2. The number of carbonyl (C=O) groups excluding carboxylic acids is 2. The van der Waals surface area contributed by atoms with Crippen molar-refractivity contribution in [2.75, 3.05) is 24.7 Å². The molecule has 11 heteroatoms. The first kappa shape index (κ1) is 27.1. The maximum Gasteiger partial charge on any atom is 0.267 e. The number of thiophene rings is 1. The average molecular weight is 583 g/mol. The third-order valence-electron chi connectivity index (χ3n) is 6.76. The highest BCUT2D eigenvalue weighted by Gasteiger charge is 2.30. The third kappa shape index (κ3) is 6.08. The number of aromatic nitrogens is 1. The van der Waals surface area contributed by atoms with Crippen LogP contribution in [-0.2, 0) is 16.6 Å². The lowest BCUT2D eigenvalue weighted by atomic mass is 9.89. The molecule has 0 spiro atoms. The SMILES string of the molecule is CS(=O)(=O)NC(=O)c1csc2c(NCc3ccccc3)c(C(=O)N3CCC(c4ccccc4)CC3)c(Cl)nc12. The molecule has 1 fully saturated rings. The molecule has 0 radical (unpaired) electrons. The van der Waals surface area contributed by atoms with Crippen LogP contribution in [0.3, 0.4) is 0 Å². The second kappa shape index (κ2) is 11.3. The lowest BCUT2D eigenvalue weighted by Gasteiger charge is -2.33. The van der Waals surface area contributed by atoms with E-state index in [1.807, 2.05) is 53.3 Å². The summed E-state index contributed by atoms with van der Waals surface area (Å²) in [4.78, 5) is 32.8. The van der Waals surface area contributed by atoms with E-state index in [2.05, 4.69) is 22.4 Å². The van der Waals surface area contributed by atoms with Gasteiger partial charge in [0, 0.05) is 25.0 Å². The Bertz CT molecular complexity index is 1620. The molecule has 202 valence electrons. The molecule has 0 atom stereocenters. The van der Waals surface area contributed by atoms with E-state index in [1.54, 1.807) is 4.90 Å². The largest absolute Gasteiger partial charge is 0.379 e. The molecule has 8 nitrogen and oxygen atoms in total. The summed E-state index contributed by atoms with van der Waals surface area (Å²) in [7, 11) is -3.78. The van der Waals surface area contributed by atoms with Crippen molar-refractivity contribution in [3.05, 3.63) is 93.5 Å². The number of pyridine rings is 1. The molecule has 3 heterocycles. The molecule has 0 aliphatic carbocycles. The van der Waals surface area contributed by atoms with E-state index in [-0.39, 0.29) is 27.7 Å². The maximum absolute atomic E-state index is 13.9. The van der Waals surface area contributed by atoms with Crippen LogP contribution in [-0.4, -0.2) is 49.5 Å². The monoisotopic (exact) mass is 582 g/mol. The van der Waals surface area contributed by atoms with Gasteiger partial charge in [-0.2, -0.15) is 0 Å². The zero-order chi connectivity index (χ0) is 27.6. The molecule has 2 aromatic heterocycles. The number of likely N-dealkylation sites (tertiary alicyclic amines) is 1. The minimum absolute atomic E-state index is 0.0416. The molecular weight excluding hydrogens is 556 g/mol. The Morgan fingerprint density at radius 1 is 1.05 bits per heavy atom. The zero-order valence-corrected chi connectivity index (χ0v) is 23.6. The Morgan fingerprint density at radius 2 is 1.69 bits per heavy atom. The number of piperidine rings is 1. The van der Waals surface area contributed by atoms with Crippen LogP contribution in [0.25, 0.3) is 10.2 Å². The molecule has 2 aromatic carbocycles. The quantitative estimate of drug-likeness (QED) is 0.287. The number of nitrogens with one attached hydrogen (secondary N) is 2. The smallest absolute Gasteiger partial charge is 0.267 e. The van der Waals surface area contributed by atoms with E-state index in [0.29, 0.717) is 35.9 Å². The standard InChI is InChI=1S/C28H27ClN4O4S2/c1-39(36,37)32-27(34)21-17-38-25-23(21)31-26(29)22(24(25)30-16-18-8-4-2-5-9-18)28(35)33-14-12-20(13-15-33)19-10-6-3-7-11-19/h2-11,17,20H,12-16H2,1H3,(H,30,31)(H,32,34). The molecule has 0 bridgehead atoms. The molecular formula is C28H27ClN4O4S2. The molecule has 1 aliphatic heterocycles. The van der Waals surface area contributed by atoms with Gasteiger partial charge < -0.3 is 10.2 Å². The van der Waals surface area contributed by atoms with E-state index in [0.717, 1.165) is 24.7 Å². The van der Waals surface area contributed by atoms with Crippen molar-refractivity contribution in [2.24, 2.45) is 0 Å². The molecule has 2 amide bonds. The van der Waals surface area contributed by atoms with Crippen LogP contribution in [0.4, 0.5) is 5.69 Å². The van der Waals surface area contributed by atoms with Crippen LogP contribution in [0.5, 0.6) is 0 Å². The van der Waals surface area contributed by atoms with Gasteiger partial charge in [0.2, 0.25) is 10.0 Å². The number of nitrogens with zero attached hydrogens (tertiary/aromatic N) is 2. The summed E-state index contributed by atoms with van der Waals surface area (Å²) in [5.41, 5.74) is 3.30. The second-order valence-corrected chi connectivity index (χ2v) is 12.5. The van der Waals surface area contributed by atoms with E-state index in [4.69, 9.17) is 11.6 Å². The van der Waals surface area contributed by atoms with Gasteiger partial charge in [-0.1, -0.05) is 72.3 Å². The fourth-order valence-electron chi connectivity index (χ4n) is 4.84. The van der Waals surface area contributed by atoms with Gasteiger partial charge in [-0.15, -0.1) is 11.3 Å². The number of sulfonamides is 1. The second-order valence-electron chi connectivity index (χ2n) is 9.50. The minimum Gasteiger partial charge on any atom is -0.379 e. The number of anilines is 1. The number of carbonyl (C=O) groups is 2. The fourth-order valence-corrected chi connectivity index (χ4v) is 6.56. The lowest BCUT2D eigenvalue weighted by Crippen LogP contribution is -2.38. The molecule has 1 aliphatic rings. The number of hydrogen-bond donors (Lipinski definition) is 2. The lowest BCUT2D eigenvalue weighted by molar-refractivity contribution is 0.0713. The number of hydrogen-bond acceptors (Lipinski definition) is 7. The summed E-state index contributed by atoms with van der Waals surface area (Å²) in [5.74, 6) is -0.648. The van der Waals surface area contributed by atoms with Crippen LogP contribution in [0.15, 0.2) is 66.0 Å². The van der Waals surface area contributed by atoms with Crippen molar-refractivity contribution in [1.82, 2.24) is 14.6 Å². The van der Waals surface area contributed by atoms with E-state index in [9.17, 15) is 18.0 Å². The Morgan fingerprint density at radius 3 is 2.33 bits per heavy atom. The molecule has 2 N–H and O–H groups in total. The Balaban J connectivity index is 1.49. The van der Waals surface area contributed by atoms with Crippen molar-refractivity contribution in [2.45, 2.75) is 25.3 Å². The Hall–Kier alpha value is -3.47. The van der Waals surface area contributed by atoms with Crippen molar-refractivity contribution in [1.29, 1.82) is 0 Å². The number of fused-ring (bicyclic) bond motifs is 1. The Labute approximate surface area is 236 Å². The summed E-state index contributed by atoms with van der Waals surface area (Å²) in [6.07, 6.45) is 2.58. The minimum atomic E-state index is -3.78. The van der Waals surface area contributed by atoms with Crippen LogP contribution < -0.4 is 10.0 Å². The van der Waals surface area contributed by atoms with Gasteiger partial charge in [0.15, 0.2) is 0 Å². The molecule has 39 heavy (non-hydrogen) atoms. The first-order chi connectivity index (χ1) is 18.7. The normalized spacial score (nSPS) is 14.4. The number of rotatable bonds is 7. The highest BCUT2D eigenvalue weighted by molar-refractivity contribution is 7.89. The van der Waals surface area contributed by atoms with Gasteiger partial charge in [-0.05, 0) is 29.9 Å². The molecule has 1 saturated heterocycles. The van der Waals surface area contributed by atoms with Gasteiger partial charge >= 0.3 is 0 Å². The molecule has 5 rings (SSSR count). The van der Waals surface area contributed by atoms with Crippen molar-refractivity contribution in [3.8, 4) is 0 Å². The molecule has 0 saturated carbocycles. The number of halogens is 1. The average Bonchev–Trinajstić information content (AvgIpc) is 3.35. The highest BCUT2D eigenvalue weighted by Crippen LogP contribution is 2.39. The summed E-state index contributed by atoms with van der Waals surface area (Å²) in [5, 5.41) is 4.85. The first-order valence-electron chi connectivity index (χ1n) is 12.5. The summed E-state index contributed by atoms with van der Waals surface area (Å²) in [6, 6.07) is 20.0. The van der Waals surface area contributed by atoms with E-state index < -0.39 is 15.9 Å². The van der Waals surface area contributed by atoms with Gasteiger partial charge in [-0.3, -0.25) is 9.59 Å². The molecule has 0 unspecified atom stereocenters. The first-order valence-corrected chi connectivity index (χ1v) is 15.6. The van der Waals surface area contributed by atoms with Gasteiger partial charge in [0.25, 0.3) is 11.8 Å². The predicted molar refractivity (Wildman–Crippen MR) is 155 cm³/mol. The highest BCUT2D eigenvalue weighted by atomic mass is 35.5. The maximum atomic E-state index is 13.9. The van der Waals surface area contributed by atoms with E-state index in [1.165, 1.54) is 22.3 Å².